The molecule has 0 aromatic heterocycles. The maximum absolute atomic E-state index is 9.47. The van der Waals surface area contributed by atoms with Gasteiger partial charge in [0.05, 0.1) is 0 Å². The summed E-state index contributed by atoms with van der Waals surface area (Å²) >= 11 is 5.77. The van der Waals surface area contributed by atoms with Crippen LogP contribution >= 0.6 is 17.1 Å². The van der Waals surface area contributed by atoms with E-state index >= 15 is 0 Å². The van der Waals surface area contributed by atoms with Gasteiger partial charge >= 0.3 is 0 Å². The summed E-state index contributed by atoms with van der Waals surface area (Å²) in [5, 5.41) is 0. The summed E-state index contributed by atoms with van der Waals surface area (Å²) in [6.07, 6.45) is 14.0. The Bertz CT molecular complexity index is 493. The molecule has 3 nitrogen and oxygen atoms in total. The fourth-order valence-electron chi connectivity index (χ4n) is 2.91. The van der Waals surface area contributed by atoms with Gasteiger partial charge in [-0.2, -0.15) is 0 Å². The Morgan fingerprint density at radius 2 is 1.46 bits per heavy atom. The van der Waals surface area contributed by atoms with Crippen molar-refractivity contribution in [3.8, 4) is 5.75 Å². The molecule has 0 bridgehead atoms. The fourth-order valence-corrected chi connectivity index (χ4v) is 5.13. The van der Waals surface area contributed by atoms with E-state index in [4.69, 9.17) is 16.5 Å². The highest BCUT2D eigenvalue weighted by molar-refractivity contribution is 8.67. The molecule has 0 aliphatic rings. The van der Waals surface area contributed by atoms with E-state index < -0.39 is 5.69 Å². The molecule has 1 rings (SSSR count). The first-order valence-electron chi connectivity index (χ1n) is 9.93. The van der Waals surface area contributed by atoms with E-state index in [9.17, 15) is 9.79 Å². The van der Waals surface area contributed by atoms with E-state index in [0.717, 1.165) is 30.0 Å². The van der Waals surface area contributed by atoms with Crippen molar-refractivity contribution in [1.29, 1.82) is 0 Å². The van der Waals surface area contributed by atoms with Crippen LogP contribution in [0.4, 0.5) is 0 Å². The second-order valence-electron chi connectivity index (χ2n) is 6.81. The van der Waals surface area contributed by atoms with Crippen molar-refractivity contribution in [2.24, 2.45) is 0 Å². The maximum atomic E-state index is 9.47. The molecule has 1 unspecified atom stereocenters. The first kappa shape index (κ1) is 24.0. The van der Waals surface area contributed by atoms with E-state index in [0.29, 0.717) is 5.75 Å². The van der Waals surface area contributed by atoms with Crippen LogP contribution in [0.25, 0.3) is 0 Å². The minimum Gasteiger partial charge on any atom is -0.490 e. The molecule has 1 atom stereocenters. The second kappa shape index (κ2) is 14.9. The Balaban J connectivity index is 2.20. The van der Waals surface area contributed by atoms with E-state index in [1.165, 1.54) is 57.8 Å². The fraction of sp³-hybridized carbons (Fsp3) is 0.700. The van der Waals surface area contributed by atoms with Gasteiger partial charge < -0.3 is 14.5 Å². The van der Waals surface area contributed by atoms with E-state index in [1.807, 2.05) is 30.3 Å². The van der Waals surface area contributed by atoms with Crippen LogP contribution in [0, 0.1) is 0 Å². The molecule has 0 saturated carbocycles. The number of para-hydroxylation sites is 1. The smallest absolute Gasteiger partial charge is 0.242 e. The lowest BCUT2D eigenvalue weighted by Gasteiger charge is -2.20. The molecule has 26 heavy (non-hydrogen) atoms. The number of hydrogen-bond donors (Lipinski definition) is 2. The first-order valence-corrected chi connectivity index (χ1v) is 14.2. The molecular weight excluding hydrogens is 383 g/mol. The predicted octanol–water partition coefficient (Wildman–Crippen LogP) is 6.69. The monoisotopic (exact) mass is 418 g/mol. The summed E-state index contributed by atoms with van der Waals surface area (Å²) in [7, 11) is 0. The largest absolute Gasteiger partial charge is 0.490 e. The van der Waals surface area contributed by atoms with Gasteiger partial charge in [-0.05, 0) is 36.8 Å². The molecule has 0 heterocycles. The number of ether oxygens (including phenoxy) is 1. The van der Waals surface area contributed by atoms with Crippen molar-refractivity contribution in [2.45, 2.75) is 83.7 Å². The standard InChI is InChI=1S/C20H35O3PS2/c1-2-3-4-5-6-7-8-9-10-12-17-20(18-26-24(21,22)25)23-19-15-13-11-14-16-19/h11,13-16,20H,2-10,12,17-18H2,1H3,(H2,21,22,25). The first-order chi connectivity index (χ1) is 12.5. The van der Waals surface area contributed by atoms with Gasteiger partial charge in [-0.1, -0.05) is 94.3 Å². The van der Waals surface area contributed by atoms with E-state index in [-0.39, 0.29) is 6.10 Å². The maximum Gasteiger partial charge on any atom is 0.242 e. The summed E-state index contributed by atoms with van der Waals surface area (Å²) in [4.78, 5) is 18.9. The SMILES string of the molecule is CCCCCCCCCCCCC(CSP(O)(O)=S)Oc1ccccc1. The van der Waals surface area contributed by atoms with Gasteiger partial charge in [0.15, 0.2) is 0 Å². The highest BCUT2D eigenvalue weighted by Crippen LogP contribution is 2.51. The van der Waals surface area contributed by atoms with E-state index in [1.54, 1.807) is 0 Å². The molecule has 1 aromatic carbocycles. The molecule has 2 N–H and O–H groups in total. The zero-order valence-corrected chi connectivity index (χ0v) is 18.5. The molecule has 0 radical (unpaired) electrons. The minimum absolute atomic E-state index is 0.0296. The van der Waals surface area contributed by atoms with Gasteiger partial charge in [-0.3, -0.25) is 0 Å². The molecule has 1 aromatic rings. The average Bonchev–Trinajstić information content (AvgIpc) is 2.61. The summed E-state index contributed by atoms with van der Waals surface area (Å²) in [5.41, 5.74) is -3.22. The molecule has 0 amide bonds. The highest BCUT2D eigenvalue weighted by atomic mass is 32.9. The van der Waals surface area contributed by atoms with Gasteiger partial charge in [0.1, 0.15) is 11.9 Å². The zero-order chi connectivity index (χ0) is 19.1. The Morgan fingerprint density at radius 3 is 2.00 bits per heavy atom. The molecule has 0 aliphatic carbocycles. The topological polar surface area (TPSA) is 49.7 Å². The normalized spacial score (nSPS) is 12.9. The third-order valence-corrected chi connectivity index (χ3v) is 7.62. The van der Waals surface area contributed by atoms with Crippen LogP contribution in [0.2, 0.25) is 0 Å². The molecular formula is C20H35O3PS2. The van der Waals surface area contributed by atoms with Gasteiger partial charge in [-0.15, -0.1) is 0 Å². The van der Waals surface area contributed by atoms with E-state index in [2.05, 4.69) is 6.92 Å². The molecule has 6 heteroatoms. The van der Waals surface area contributed by atoms with Crippen molar-refractivity contribution >= 4 is 28.9 Å². The van der Waals surface area contributed by atoms with Crippen LogP contribution in [-0.2, 0) is 11.8 Å². The molecule has 150 valence electrons. The van der Waals surface area contributed by atoms with Crippen molar-refractivity contribution < 1.29 is 14.5 Å². The Kier molecular flexibility index (Phi) is 13.8. The van der Waals surface area contributed by atoms with Crippen molar-refractivity contribution in [3.05, 3.63) is 30.3 Å². The molecule has 0 aliphatic heterocycles. The Hall–Kier alpha value is -0.0600. The third kappa shape index (κ3) is 14.1. The average molecular weight is 419 g/mol. The minimum atomic E-state index is -3.22. The summed E-state index contributed by atoms with van der Waals surface area (Å²) < 4.78 is 6.02. The molecule has 0 spiro atoms. The van der Waals surface area contributed by atoms with Gasteiger partial charge in [0.25, 0.3) is 0 Å². The number of rotatable bonds is 16. The predicted molar refractivity (Wildman–Crippen MR) is 118 cm³/mol. The Labute approximate surface area is 168 Å². The van der Waals surface area contributed by atoms with Gasteiger partial charge in [-0.25, -0.2) is 0 Å². The number of benzene rings is 1. The van der Waals surface area contributed by atoms with Crippen LogP contribution < -0.4 is 4.74 Å². The lowest BCUT2D eigenvalue weighted by Crippen LogP contribution is -2.19. The van der Waals surface area contributed by atoms with Gasteiger partial charge in [0, 0.05) is 5.75 Å². The van der Waals surface area contributed by atoms with Crippen LogP contribution in [0.15, 0.2) is 30.3 Å². The van der Waals surface area contributed by atoms with Crippen molar-refractivity contribution in [1.82, 2.24) is 0 Å². The highest BCUT2D eigenvalue weighted by Gasteiger charge is 2.16. The number of unbranched alkanes of at least 4 members (excludes halogenated alkanes) is 9. The van der Waals surface area contributed by atoms with Crippen LogP contribution in [0.5, 0.6) is 5.75 Å². The molecule has 0 fully saturated rings. The zero-order valence-electron chi connectivity index (χ0n) is 16.0. The summed E-state index contributed by atoms with van der Waals surface area (Å²) in [6, 6.07) is 9.72. The molecule has 0 saturated heterocycles. The Morgan fingerprint density at radius 1 is 0.923 bits per heavy atom. The van der Waals surface area contributed by atoms with Gasteiger partial charge in [0.2, 0.25) is 5.69 Å². The lowest BCUT2D eigenvalue weighted by molar-refractivity contribution is 0.211. The second-order valence-corrected chi connectivity index (χ2v) is 12.9. The van der Waals surface area contributed by atoms with Crippen LogP contribution in [0.1, 0.15) is 77.6 Å². The third-order valence-electron chi connectivity index (χ3n) is 4.35. The van der Waals surface area contributed by atoms with Crippen LogP contribution in [-0.4, -0.2) is 21.6 Å². The number of hydrogen-bond acceptors (Lipinski definition) is 3. The lowest BCUT2D eigenvalue weighted by atomic mass is 10.0. The summed E-state index contributed by atoms with van der Waals surface area (Å²) in [6.45, 7) is 2.25. The van der Waals surface area contributed by atoms with Crippen LogP contribution in [0.3, 0.4) is 0 Å². The quantitative estimate of drug-likeness (QED) is 0.231. The summed E-state index contributed by atoms with van der Waals surface area (Å²) in [5.74, 6) is 1.35. The van der Waals surface area contributed by atoms with Crippen molar-refractivity contribution in [3.63, 3.8) is 0 Å². The van der Waals surface area contributed by atoms with Crippen molar-refractivity contribution in [2.75, 3.05) is 5.75 Å².